The molecule has 0 bridgehead atoms. The summed E-state index contributed by atoms with van der Waals surface area (Å²) in [6.07, 6.45) is 2.06. The van der Waals surface area contributed by atoms with Crippen LogP contribution in [0.5, 0.6) is 0 Å². The van der Waals surface area contributed by atoms with Gasteiger partial charge in [0.1, 0.15) is 16.2 Å². The fourth-order valence-corrected chi connectivity index (χ4v) is 6.49. The van der Waals surface area contributed by atoms with E-state index in [1.165, 1.54) is 11.3 Å². The van der Waals surface area contributed by atoms with Crippen molar-refractivity contribution in [2.75, 3.05) is 26.2 Å². The number of piperidine rings is 1. The zero-order valence-electron chi connectivity index (χ0n) is 16.6. The molecule has 0 aromatic carbocycles. The first kappa shape index (κ1) is 21.3. The van der Waals surface area contributed by atoms with Crippen molar-refractivity contribution in [2.24, 2.45) is 5.41 Å². The van der Waals surface area contributed by atoms with E-state index in [4.69, 9.17) is 4.74 Å². The second kappa shape index (κ2) is 7.76. The van der Waals surface area contributed by atoms with E-state index in [9.17, 15) is 18.0 Å². The Labute approximate surface area is 170 Å². The summed E-state index contributed by atoms with van der Waals surface area (Å²) in [6.45, 7) is 7.46. The number of hydrogen-bond acceptors (Lipinski definition) is 6. The van der Waals surface area contributed by atoms with Crippen LogP contribution in [0.25, 0.3) is 0 Å². The molecule has 2 saturated heterocycles. The molecule has 0 saturated carbocycles. The minimum Gasteiger partial charge on any atom is -0.460 e. The van der Waals surface area contributed by atoms with Crippen LogP contribution in [0.2, 0.25) is 0 Å². The number of sulfonamides is 1. The molecule has 0 atom stereocenters. The number of ether oxygens (including phenoxy) is 1. The second-order valence-electron chi connectivity index (χ2n) is 8.66. The van der Waals surface area contributed by atoms with Gasteiger partial charge in [0, 0.05) is 26.2 Å². The largest absolute Gasteiger partial charge is 0.460 e. The minimum atomic E-state index is -3.42. The van der Waals surface area contributed by atoms with Gasteiger partial charge in [-0.3, -0.25) is 9.59 Å². The van der Waals surface area contributed by atoms with Crippen molar-refractivity contribution in [1.82, 2.24) is 9.21 Å². The Kier molecular flexibility index (Phi) is 5.89. The van der Waals surface area contributed by atoms with Gasteiger partial charge in [0.15, 0.2) is 0 Å². The highest BCUT2D eigenvalue weighted by Crippen LogP contribution is 2.41. The Bertz CT molecular complexity index is 819. The average Bonchev–Trinajstić information content (AvgIpc) is 3.24. The molecule has 2 aliphatic heterocycles. The number of esters is 1. The van der Waals surface area contributed by atoms with Crippen LogP contribution in [-0.2, 0) is 24.3 Å². The van der Waals surface area contributed by atoms with Gasteiger partial charge in [-0.1, -0.05) is 6.07 Å². The van der Waals surface area contributed by atoms with Crippen LogP contribution in [0.15, 0.2) is 21.7 Å². The molecule has 3 rings (SSSR count). The summed E-state index contributed by atoms with van der Waals surface area (Å²) in [6, 6.07) is 3.38. The maximum absolute atomic E-state index is 12.7. The van der Waals surface area contributed by atoms with Crippen LogP contribution in [0.4, 0.5) is 0 Å². The van der Waals surface area contributed by atoms with Crippen molar-refractivity contribution in [2.45, 2.75) is 56.3 Å². The smallest absolute Gasteiger partial charge is 0.315 e. The van der Waals surface area contributed by atoms with Gasteiger partial charge in [0.05, 0.1) is 0 Å². The monoisotopic (exact) mass is 428 g/mol. The molecule has 1 aromatic heterocycles. The summed E-state index contributed by atoms with van der Waals surface area (Å²) < 4.78 is 32.5. The molecule has 0 radical (unpaired) electrons. The van der Waals surface area contributed by atoms with Gasteiger partial charge in [0.25, 0.3) is 10.0 Å². The van der Waals surface area contributed by atoms with Gasteiger partial charge in [0.2, 0.25) is 5.91 Å². The van der Waals surface area contributed by atoms with Gasteiger partial charge in [-0.05, 0) is 56.9 Å². The first-order chi connectivity index (χ1) is 13.0. The Balaban J connectivity index is 1.54. The highest BCUT2D eigenvalue weighted by Gasteiger charge is 2.44. The molecule has 0 aliphatic carbocycles. The fourth-order valence-electron chi connectivity index (χ4n) is 3.91. The van der Waals surface area contributed by atoms with Crippen LogP contribution in [0.3, 0.4) is 0 Å². The van der Waals surface area contributed by atoms with E-state index in [0.717, 1.165) is 19.3 Å². The van der Waals surface area contributed by atoms with Gasteiger partial charge < -0.3 is 9.64 Å². The lowest BCUT2D eigenvalue weighted by molar-refractivity contribution is -0.158. The summed E-state index contributed by atoms with van der Waals surface area (Å²) in [7, 11) is -3.42. The van der Waals surface area contributed by atoms with E-state index in [-0.39, 0.29) is 17.7 Å². The molecule has 2 fully saturated rings. The SMILES string of the molecule is CC(C)(C)OC(=O)CC(=O)N1CCC2(CCN(S(=O)(=O)c3cccs3)CC2)C1. The standard InChI is InChI=1S/C19H28N2O5S2/c1-18(2,3)26-16(23)13-15(22)20-9-6-19(14-20)7-10-21(11-8-19)28(24,25)17-5-4-12-27-17/h4-5,12H,6-11,13-14H2,1-3H3. The number of hydrogen-bond donors (Lipinski definition) is 0. The summed E-state index contributed by atoms with van der Waals surface area (Å²) in [5.74, 6) is -0.713. The number of nitrogens with zero attached hydrogens (tertiary/aromatic N) is 2. The van der Waals surface area contributed by atoms with Crippen LogP contribution in [0, 0.1) is 5.41 Å². The topological polar surface area (TPSA) is 84.0 Å². The Morgan fingerprint density at radius 1 is 1.18 bits per heavy atom. The normalized spacial score (nSPS) is 20.5. The third kappa shape index (κ3) is 4.75. The Hall–Kier alpha value is -1.45. The lowest BCUT2D eigenvalue weighted by atomic mass is 9.78. The highest BCUT2D eigenvalue weighted by molar-refractivity contribution is 7.91. The van der Waals surface area contributed by atoms with Crippen LogP contribution in [-0.4, -0.2) is 61.3 Å². The van der Waals surface area contributed by atoms with Crippen molar-refractivity contribution in [3.8, 4) is 0 Å². The summed E-state index contributed by atoms with van der Waals surface area (Å²) in [5, 5.41) is 1.77. The van der Waals surface area contributed by atoms with Crippen LogP contribution >= 0.6 is 11.3 Å². The first-order valence-electron chi connectivity index (χ1n) is 9.54. The number of likely N-dealkylation sites (tertiary alicyclic amines) is 1. The molecule has 1 aromatic rings. The number of thiophene rings is 1. The minimum absolute atomic E-state index is 0.0505. The zero-order valence-corrected chi connectivity index (χ0v) is 18.3. The van der Waals surface area contributed by atoms with E-state index in [1.807, 2.05) is 0 Å². The molecule has 28 heavy (non-hydrogen) atoms. The molecule has 2 aliphatic rings. The van der Waals surface area contributed by atoms with Crippen molar-refractivity contribution in [3.05, 3.63) is 17.5 Å². The predicted molar refractivity (Wildman–Crippen MR) is 106 cm³/mol. The average molecular weight is 429 g/mol. The third-order valence-electron chi connectivity index (χ3n) is 5.38. The summed E-state index contributed by atoms with van der Waals surface area (Å²) in [4.78, 5) is 26.1. The predicted octanol–water partition coefficient (Wildman–Crippen LogP) is 2.48. The maximum Gasteiger partial charge on any atom is 0.315 e. The molecule has 0 unspecified atom stereocenters. The van der Waals surface area contributed by atoms with Gasteiger partial charge in [-0.15, -0.1) is 11.3 Å². The molecule has 3 heterocycles. The van der Waals surface area contributed by atoms with E-state index in [2.05, 4.69) is 0 Å². The van der Waals surface area contributed by atoms with Gasteiger partial charge in [-0.25, -0.2) is 8.42 Å². The van der Waals surface area contributed by atoms with E-state index in [0.29, 0.717) is 30.4 Å². The number of carbonyl (C=O) groups excluding carboxylic acids is 2. The molecule has 1 spiro atoms. The number of carbonyl (C=O) groups is 2. The molecular formula is C19H28N2O5S2. The van der Waals surface area contributed by atoms with Gasteiger partial charge >= 0.3 is 5.97 Å². The molecule has 156 valence electrons. The maximum atomic E-state index is 12.7. The summed E-state index contributed by atoms with van der Waals surface area (Å²) in [5.41, 5.74) is -0.657. The van der Waals surface area contributed by atoms with Crippen molar-refractivity contribution >= 4 is 33.2 Å². The van der Waals surface area contributed by atoms with Crippen LogP contribution in [0.1, 0.15) is 46.5 Å². The molecule has 7 nitrogen and oxygen atoms in total. The first-order valence-corrected chi connectivity index (χ1v) is 11.9. The molecule has 0 N–H and O–H groups in total. The van der Waals surface area contributed by atoms with Crippen molar-refractivity contribution in [1.29, 1.82) is 0 Å². The van der Waals surface area contributed by atoms with E-state index < -0.39 is 21.6 Å². The number of rotatable bonds is 4. The highest BCUT2D eigenvalue weighted by atomic mass is 32.2. The third-order valence-corrected chi connectivity index (χ3v) is 8.65. The Morgan fingerprint density at radius 3 is 2.39 bits per heavy atom. The molecule has 9 heteroatoms. The summed E-state index contributed by atoms with van der Waals surface area (Å²) >= 11 is 1.23. The lowest BCUT2D eigenvalue weighted by Gasteiger charge is -2.38. The van der Waals surface area contributed by atoms with Crippen molar-refractivity contribution < 1.29 is 22.7 Å². The second-order valence-corrected chi connectivity index (χ2v) is 11.8. The lowest BCUT2D eigenvalue weighted by Crippen LogP contribution is -2.44. The zero-order chi connectivity index (χ0) is 20.6. The molecular weight excluding hydrogens is 400 g/mol. The fraction of sp³-hybridized carbons (Fsp3) is 0.684. The van der Waals surface area contributed by atoms with E-state index in [1.54, 1.807) is 47.5 Å². The van der Waals surface area contributed by atoms with Crippen LogP contribution < -0.4 is 0 Å². The van der Waals surface area contributed by atoms with Crippen molar-refractivity contribution in [3.63, 3.8) is 0 Å². The van der Waals surface area contributed by atoms with E-state index >= 15 is 0 Å². The Morgan fingerprint density at radius 2 is 1.82 bits per heavy atom. The number of amides is 1. The molecule has 1 amide bonds. The quantitative estimate of drug-likeness (QED) is 0.543. The van der Waals surface area contributed by atoms with Gasteiger partial charge in [-0.2, -0.15) is 4.31 Å².